The van der Waals surface area contributed by atoms with Gasteiger partial charge >= 0.3 is 19.8 Å². The van der Waals surface area contributed by atoms with Gasteiger partial charge in [0, 0.05) is 19.4 Å². The second kappa shape index (κ2) is 41.6. The molecule has 0 aromatic carbocycles. The summed E-state index contributed by atoms with van der Waals surface area (Å²) in [5.41, 5.74) is 5.34. The van der Waals surface area contributed by atoms with Gasteiger partial charge in [-0.3, -0.25) is 18.6 Å². The molecule has 0 saturated heterocycles. The molecule has 0 aromatic heterocycles. The molecule has 0 aliphatic rings. The van der Waals surface area contributed by atoms with Crippen molar-refractivity contribution in [2.45, 2.75) is 200 Å². The smallest absolute Gasteiger partial charge is 0.462 e. The van der Waals surface area contributed by atoms with Crippen LogP contribution in [0.15, 0.2) is 48.6 Å². The molecule has 0 saturated carbocycles. The molecule has 3 N–H and O–H groups in total. The lowest BCUT2D eigenvalue weighted by Crippen LogP contribution is -2.29. The fourth-order valence-corrected chi connectivity index (χ4v) is 6.69. The van der Waals surface area contributed by atoms with E-state index >= 15 is 0 Å². The van der Waals surface area contributed by atoms with Crippen molar-refractivity contribution in [3.8, 4) is 0 Å². The molecule has 0 amide bonds. The Morgan fingerprint density at radius 2 is 0.964 bits per heavy atom. The zero-order chi connectivity index (χ0) is 40.3. The van der Waals surface area contributed by atoms with Crippen molar-refractivity contribution in [1.29, 1.82) is 0 Å². The first-order valence-electron chi connectivity index (χ1n) is 22.1. The van der Waals surface area contributed by atoms with Gasteiger partial charge in [0.15, 0.2) is 6.10 Å². The van der Waals surface area contributed by atoms with Crippen LogP contribution in [0.5, 0.6) is 0 Å². The van der Waals surface area contributed by atoms with Gasteiger partial charge in [-0.25, -0.2) is 4.57 Å². The first-order valence-corrected chi connectivity index (χ1v) is 23.6. The van der Waals surface area contributed by atoms with Crippen LogP contribution in [0.4, 0.5) is 0 Å². The SMILES string of the molecule is CCCCCCCCC/C=C/C/C=C/C/C=C/C/C=C/CCCC(=O)OC[C@@H](COP(=O)(O)OCCN)OC(=O)CCCCCCCCCCCCCCC. The summed E-state index contributed by atoms with van der Waals surface area (Å²) in [6.07, 6.45) is 47.2. The zero-order valence-electron chi connectivity index (χ0n) is 35.2. The maximum absolute atomic E-state index is 12.6. The predicted octanol–water partition coefficient (Wildman–Crippen LogP) is 12.7. The molecule has 320 valence electrons. The third-order valence-electron chi connectivity index (χ3n) is 9.22. The molecule has 0 radical (unpaired) electrons. The van der Waals surface area contributed by atoms with Crippen LogP contribution < -0.4 is 5.73 Å². The van der Waals surface area contributed by atoms with Crippen molar-refractivity contribution in [1.82, 2.24) is 0 Å². The van der Waals surface area contributed by atoms with Gasteiger partial charge in [0.1, 0.15) is 6.61 Å². The lowest BCUT2D eigenvalue weighted by Gasteiger charge is -2.19. The summed E-state index contributed by atoms with van der Waals surface area (Å²) in [7, 11) is -4.39. The Kier molecular flexibility index (Phi) is 40.1. The average Bonchev–Trinajstić information content (AvgIpc) is 3.17. The van der Waals surface area contributed by atoms with E-state index in [4.69, 9.17) is 24.3 Å². The van der Waals surface area contributed by atoms with Crippen LogP contribution in [0.3, 0.4) is 0 Å². The number of ether oxygens (including phenoxy) is 2. The summed E-state index contributed by atoms with van der Waals surface area (Å²) in [5, 5.41) is 0. The zero-order valence-corrected chi connectivity index (χ0v) is 36.0. The van der Waals surface area contributed by atoms with E-state index in [0.717, 1.165) is 44.9 Å². The number of phosphoric acid groups is 1. The van der Waals surface area contributed by atoms with E-state index in [1.807, 2.05) is 0 Å². The summed E-state index contributed by atoms with van der Waals surface area (Å²) in [6.45, 7) is 3.67. The molecule has 0 spiro atoms. The molecular weight excluding hydrogens is 713 g/mol. The molecule has 0 bridgehead atoms. The van der Waals surface area contributed by atoms with Gasteiger partial charge in [0.05, 0.1) is 13.2 Å². The van der Waals surface area contributed by atoms with Crippen LogP contribution in [-0.4, -0.2) is 49.3 Å². The van der Waals surface area contributed by atoms with Gasteiger partial charge in [0.25, 0.3) is 0 Å². The normalized spacial score (nSPS) is 13.7. The monoisotopic (exact) mass is 796 g/mol. The Balaban J connectivity index is 4.22. The molecule has 0 rings (SSSR count). The summed E-state index contributed by atoms with van der Waals surface area (Å²) in [4.78, 5) is 34.8. The van der Waals surface area contributed by atoms with Gasteiger partial charge in [-0.2, -0.15) is 0 Å². The number of allylic oxidation sites excluding steroid dienone is 8. The van der Waals surface area contributed by atoms with Crippen molar-refractivity contribution in [2.75, 3.05) is 26.4 Å². The molecule has 0 aromatic rings. The molecular formula is C45H82NO8P. The van der Waals surface area contributed by atoms with E-state index < -0.39 is 32.5 Å². The van der Waals surface area contributed by atoms with E-state index in [1.54, 1.807) is 0 Å². The number of hydrogen-bond donors (Lipinski definition) is 2. The van der Waals surface area contributed by atoms with Crippen molar-refractivity contribution < 1.29 is 37.6 Å². The minimum Gasteiger partial charge on any atom is -0.462 e. The highest BCUT2D eigenvalue weighted by Gasteiger charge is 2.26. The fraction of sp³-hybridized carbons (Fsp3) is 0.778. The Hall–Kier alpha value is -2.03. The first-order chi connectivity index (χ1) is 26.8. The largest absolute Gasteiger partial charge is 0.472 e. The molecule has 9 nitrogen and oxygen atoms in total. The highest BCUT2D eigenvalue weighted by molar-refractivity contribution is 7.47. The fourth-order valence-electron chi connectivity index (χ4n) is 5.92. The minimum atomic E-state index is -4.39. The molecule has 0 aliphatic heterocycles. The quantitative estimate of drug-likeness (QED) is 0.0268. The van der Waals surface area contributed by atoms with Crippen LogP contribution in [0.2, 0.25) is 0 Å². The third-order valence-corrected chi connectivity index (χ3v) is 10.2. The average molecular weight is 796 g/mol. The number of nitrogens with two attached hydrogens (primary N) is 1. The molecule has 1 unspecified atom stereocenters. The number of phosphoric ester groups is 1. The molecule has 2 atom stereocenters. The van der Waals surface area contributed by atoms with E-state index in [-0.39, 0.29) is 32.6 Å². The lowest BCUT2D eigenvalue weighted by atomic mass is 10.0. The van der Waals surface area contributed by atoms with Crippen LogP contribution in [0, 0.1) is 0 Å². The number of rotatable bonds is 41. The number of hydrogen-bond acceptors (Lipinski definition) is 8. The maximum Gasteiger partial charge on any atom is 0.472 e. The highest BCUT2D eigenvalue weighted by Crippen LogP contribution is 2.43. The molecule has 0 fully saturated rings. The topological polar surface area (TPSA) is 134 Å². The highest BCUT2D eigenvalue weighted by atomic mass is 31.2. The van der Waals surface area contributed by atoms with E-state index in [0.29, 0.717) is 12.8 Å². The number of carbonyl (C=O) groups is 2. The minimum absolute atomic E-state index is 0.0459. The summed E-state index contributed by atoms with van der Waals surface area (Å²) in [5.74, 6) is -0.892. The van der Waals surface area contributed by atoms with Crippen molar-refractivity contribution in [3.63, 3.8) is 0 Å². The Morgan fingerprint density at radius 3 is 1.45 bits per heavy atom. The van der Waals surface area contributed by atoms with Gasteiger partial charge in [-0.1, -0.05) is 178 Å². The Labute approximate surface area is 336 Å². The van der Waals surface area contributed by atoms with Gasteiger partial charge in [-0.15, -0.1) is 0 Å². The van der Waals surface area contributed by atoms with Crippen LogP contribution in [-0.2, 0) is 32.7 Å². The molecule has 0 aliphatic carbocycles. The van der Waals surface area contributed by atoms with Gasteiger partial charge < -0.3 is 20.1 Å². The summed E-state index contributed by atoms with van der Waals surface area (Å²) >= 11 is 0. The van der Waals surface area contributed by atoms with Gasteiger partial charge in [-0.05, 0) is 51.4 Å². The summed E-state index contributed by atoms with van der Waals surface area (Å²) in [6, 6.07) is 0. The van der Waals surface area contributed by atoms with E-state index in [9.17, 15) is 19.0 Å². The Bertz CT molecular complexity index is 1040. The second-order valence-electron chi connectivity index (χ2n) is 14.6. The Morgan fingerprint density at radius 1 is 0.545 bits per heavy atom. The standard InChI is InChI=1S/C45H82NO8P/c1-3-5-7-9-11-13-15-17-18-19-20-21-22-23-24-26-27-29-31-33-35-37-44(47)51-41-43(42-53-55(49,50)52-40-39-46)54-45(48)38-36-34-32-30-28-25-16-14-12-10-8-6-4-2/h18-19,21-22,24,26,29,31,43H,3-17,20,23,25,27-28,30,32-42,46H2,1-2H3,(H,49,50)/b19-18+,22-21+,26-24+,31-29+/t43-/m0/s1. The van der Waals surface area contributed by atoms with Crippen molar-refractivity contribution in [2.24, 2.45) is 5.73 Å². The second-order valence-corrected chi connectivity index (χ2v) is 16.0. The van der Waals surface area contributed by atoms with Crippen molar-refractivity contribution in [3.05, 3.63) is 48.6 Å². The van der Waals surface area contributed by atoms with Crippen LogP contribution in [0.1, 0.15) is 194 Å². The van der Waals surface area contributed by atoms with Gasteiger partial charge in [0.2, 0.25) is 0 Å². The van der Waals surface area contributed by atoms with E-state index in [1.165, 1.54) is 109 Å². The number of esters is 2. The predicted molar refractivity (Wildman–Crippen MR) is 229 cm³/mol. The van der Waals surface area contributed by atoms with Crippen molar-refractivity contribution >= 4 is 19.8 Å². The number of carbonyl (C=O) groups excluding carboxylic acids is 2. The lowest BCUT2D eigenvalue weighted by molar-refractivity contribution is -0.161. The molecule has 10 heteroatoms. The van der Waals surface area contributed by atoms with Crippen LogP contribution in [0.25, 0.3) is 0 Å². The number of unbranched alkanes of at least 4 members (excludes halogenated alkanes) is 20. The third kappa shape index (κ3) is 41.4. The first kappa shape index (κ1) is 53.0. The molecule has 0 heterocycles. The van der Waals surface area contributed by atoms with E-state index in [2.05, 4.69) is 62.5 Å². The molecule has 55 heavy (non-hydrogen) atoms. The summed E-state index contributed by atoms with van der Waals surface area (Å²) < 4.78 is 32.7. The maximum atomic E-state index is 12.6. The van der Waals surface area contributed by atoms with Crippen LogP contribution >= 0.6 is 7.82 Å².